The fraction of sp³-hybridized carbons (Fsp3) is 0.100. The Morgan fingerprint density at radius 2 is 1.68 bits per heavy atom. The van der Waals surface area contributed by atoms with Crippen LogP contribution in [0.2, 0.25) is 0 Å². The lowest BCUT2D eigenvalue weighted by Crippen LogP contribution is -2.00. The fourth-order valence-electron chi connectivity index (χ4n) is 2.28. The monoisotopic (exact) mass is 332 g/mol. The molecule has 1 heterocycles. The Morgan fingerprint density at radius 1 is 0.960 bits per heavy atom. The van der Waals surface area contributed by atoms with Gasteiger partial charge in [0, 0.05) is 11.8 Å². The van der Waals surface area contributed by atoms with Gasteiger partial charge in [0.2, 0.25) is 0 Å². The first-order valence-electron chi connectivity index (χ1n) is 7.73. The third-order valence-electron chi connectivity index (χ3n) is 3.54. The van der Waals surface area contributed by atoms with E-state index in [0.717, 1.165) is 5.56 Å². The van der Waals surface area contributed by atoms with Crippen molar-refractivity contribution in [3.05, 3.63) is 84.2 Å². The van der Waals surface area contributed by atoms with Crippen LogP contribution in [0.25, 0.3) is 0 Å². The average molecular weight is 332 g/mol. The average Bonchev–Trinajstić information content (AvgIpc) is 2.68. The molecule has 2 aromatic carbocycles. The van der Waals surface area contributed by atoms with Gasteiger partial charge < -0.3 is 14.6 Å². The molecule has 5 nitrogen and oxygen atoms in total. The van der Waals surface area contributed by atoms with Crippen LogP contribution in [0, 0.1) is 11.3 Å². The summed E-state index contributed by atoms with van der Waals surface area (Å²) in [7, 11) is 0. The minimum atomic E-state index is -1.28. The molecule has 3 rings (SSSR count). The molecular formula is C20H16N2O3. The normalized spacial score (nSPS) is 11.4. The standard InChI is InChI=1S/C20H16N2O3/c21-12-17(23)16-10-11-22-13-20(16)25-19-9-5-4-8-18(19)24-14-15-6-2-1-3-7-15/h1-11,13,17,23H,14H2. The first-order chi connectivity index (χ1) is 12.3. The molecule has 1 atom stereocenters. The number of aromatic nitrogens is 1. The van der Waals surface area contributed by atoms with E-state index in [9.17, 15) is 5.11 Å². The van der Waals surface area contributed by atoms with Crippen LogP contribution >= 0.6 is 0 Å². The molecular weight excluding hydrogens is 316 g/mol. The highest BCUT2D eigenvalue weighted by molar-refractivity contribution is 5.45. The smallest absolute Gasteiger partial charge is 0.169 e. The summed E-state index contributed by atoms with van der Waals surface area (Å²) >= 11 is 0. The van der Waals surface area contributed by atoms with Gasteiger partial charge in [-0.15, -0.1) is 0 Å². The lowest BCUT2D eigenvalue weighted by atomic mass is 10.1. The van der Waals surface area contributed by atoms with Crippen molar-refractivity contribution < 1.29 is 14.6 Å². The van der Waals surface area contributed by atoms with Crippen molar-refractivity contribution in [1.82, 2.24) is 4.98 Å². The molecule has 5 heteroatoms. The number of aliphatic hydroxyl groups excluding tert-OH is 1. The summed E-state index contributed by atoms with van der Waals surface area (Å²) in [4.78, 5) is 4.00. The van der Waals surface area contributed by atoms with E-state index in [1.165, 1.54) is 12.4 Å². The fourth-order valence-corrected chi connectivity index (χ4v) is 2.28. The van der Waals surface area contributed by atoms with E-state index in [0.29, 0.717) is 29.4 Å². The molecule has 0 amide bonds. The van der Waals surface area contributed by atoms with Crippen LogP contribution in [0.1, 0.15) is 17.2 Å². The van der Waals surface area contributed by atoms with Crippen LogP contribution in [0.15, 0.2) is 73.1 Å². The summed E-state index contributed by atoms with van der Waals surface area (Å²) in [6.45, 7) is 0.405. The van der Waals surface area contributed by atoms with Gasteiger partial charge >= 0.3 is 0 Å². The molecule has 124 valence electrons. The maximum Gasteiger partial charge on any atom is 0.169 e. The van der Waals surface area contributed by atoms with Gasteiger partial charge in [-0.05, 0) is 23.8 Å². The van der Waals surface area contributed by atoms with Crippen molar-refractivity contribution in [3.63, 3.8) is 0 Å². The van der Waals surface area contributed by atoms with E-state index in [2.05, 4.69) is 4.98 Å². The Balaban J connectivity index is 1.81. The highest BCUT2D eigenvalue weighted by Gasteiger charge is 2.15. The molecule has 0 aliphatic rings. The molecule has 0 fully saturated rings. The quantitative estimate of drug-likeness (QED) is 0.690. The number of hydrogen-bond acceptors (Lipinski definition) is 5. The number of pyridine rings is 1. The van der Waals surface area contributed by atoms with Gasteiger partial charge in [0.25, 0.3) is 0 Å². The number of para-hydroxylation sites is 2. The highest BCUT2D eigenvalue weighted by atomic mass is 16.5. The molecule has 0 saturated carbocycles. The van der Waals surface area contributed by atoms with E-state index in [1.807, 2.05) is 42.5 Å². The Labute approximate surface area is 145 Å². The Kier molecular flexibility index (Phi) is 5.25. The van der Waals surface area contributed by atoms with Crippen LogP contribution in [-0.4, -0.2) is 10.1 Å². The third-order valence-corrected chi connectivity index (χ3v) is 3.54. The highest BCUT2D eigenvalue weighted by Crippen LogP contribution is 2.34. The second-order valence-electron chi connectivity index (χ2n) is 5.27. The number of nitriles is 1. The molecule has 0 aliphatic carbocycles. The molecule has 0 bridgehead atoms. The van der Waals surface area contributed by atoms with Gasteiger partial charge in [0.15, 0.2) is 23.4 Å². The SMILES string of the molecule is N#CC(O)c1ccncc1Oc1ccccc1OCc1ccccc1. The van der Waals surface area contributed by atoms with Crippen molar-refractivity contribution in [2.75, 3.05) is 0 Å². The van der Waals surface area contributed by atoms with Crippen LogP contribution in [0.4, 0.5) is 0 Å². The molecule has 0 saturated heterocycles. The Bertz CT molecular complexity index is 875. The lowest BCUT2D eigenvalue weighted by Gasteiger charge is -2.15. The predicted octanol–water partition coefficient (Wildman–Crippen LogP) is 4.01. The van der Waals surface area contributed by atoms with Gasteiger partial charge in [0.1, 0.15) is 6.61 Å². The largest absolute Gasteiger partial charge is 0.485 e. The molecule has 25 heavy (non-hydrogen) atoms. The number of benzene rings is 2. The number of ether oxygens (including phenoxy) is 2. The molecule has 0 radical (unpaired) electrons. The first-order valence-corrected chi connectivity index (χ1v) is 7.73. The van der Waals surface area contributed by atoms with Gasteiger partial charge in [-0.2, -0.15) is 5.26 Å². The molecule has 0 spiro atoms. The van der Waals surface area contributed by atoms with Gasteiger partial charge in [0.05, 0.1) is 12.3 Å². The Morgan fingerprint density at radius 3 is 2.44 bits per heavy atom. The maximum atomic E-state index is 9.81. The summed E-state index contributed by atoms with van der Waals surface area (Å²) in [5, 5.41) is 18.8. The molecule has 0 aliphatic heterocycles. The lowest BCUT2D eigenvalue weighted by molar-refractivity contribution is 0.230. The second kappa shape index (κ2) is 7.95. The van der Waals surface area contributed by atoms with Crippen LogP contribution in [-0.2, 0) is 6.61 Å². The maximum absolute atomic E-state index is 9.81. The number of nitrogens with zero attached hydrogens (tertiary/aromatic N) is 2. The van der Waals surface area contributed by atoms with E-state index in [-0.39, 0.29) is 0 Å². The van der Waals surface area contributed by atoms with Gasteiger partial charge in [-0.25, -0.2) is 0 Å². The summed E-state index contributed by atoms with van der Waals surface area (Å²) in [6.07, 6.45) is 1.68. The summed E-state index contributed by atoms with van der Waals surface area (Å²) in [6, 6.07) is 20.4. The predicted molar refractivity (Wildman–Crippen MR) is 92.1 cm³/mol. The van der Waals surface area contributed by atoms with Crippen LogP contribution in [0.3, 0.4) is 0 Å². The summed E-state index contributed by atoms with van der Waals surface area (Å²) in [5.41, 5.74) is 1.40. The van der Waals surface area contributed by atoms with Crippen molar-refractivity contribution in [2.45, 2.75) is 12.7 Å². The number of hydrogen-bond donors (Lipinski definition) is 1. The molecule has 3 aromatic rings. The summed E-state index contributed by atoms with van der Waals surface area (Å²) in [5.74, 6) is 1.36. The zero-order chi connectivity index (χ0) is 17.5. The third kappa shape index (κ3) is 4.14. The van der Waals surface area contributed by atoms with Crippen molar-refractivity contribution in [3.8, 4) is 23.3 Å². The number of aliphatic hydroxyl groups is 1. The first kappa shape index (κ1) is 16.5. The minimum Gasteiger partial charge on any atom is -0.485 e. The zero-order valence-electron chi connectivity index (χ0n) is 13.4. The van der Waals surface area contributed by atoms with Gasteiger partial charge in [-0.1, -0.05) is 42.5 Å². The summed E-state index contributed by atoms with van der Waals surface area (Å²) < 4.78 is 11.7. The van der Waals surface area contributed by atoms with E-state index >= 15 is 0 Å². The zero-order valence-corrected chi connectivity index (χ0v) is 13.4. The Hall–Kier alpha value is -3.36. The van der Waals surface area contributed by atoms with Gasteiger partial charge in [-0.3, -0.25) is 4.98 Å². The van der Waals surface area contributed by atoms with Crippen molar-refractivity contribution in [1.29, 1.82) is 5.26 Å². The van der Waals surface area contributed by atoms with Crippen molar-refractivity contribution in [2.24, 2.45) is 0 Å². The van der Waals surface area contributed by atoms with E-state index in [1.54, 1.807) is 24.3 Å². The van der Waals surface area contributed by atoms with E-state index < -0.39 is 6.10 Å². The van der Waals surface area contributed by atoms with E-state index in [4.69, 9.17) is 14.7 Å². The molecule has 1 unspecified atom stereocenters. The topological polar surface area (TPSA) is 75.4 Å². The second-order valence-corrected chi connectivity index (χ2v) is 5.27. The number of rotatable bonds is 6. The molecule has 1 N–H and O–H groups in total. The molecule has 1 aromatic heterocycles. The van der Waals surface area contributed by atoms with Crippen molar-refractivity contribution >= 4 is 0 Å². The minimum absolute atomic E-state index is 0.312. The van der Waals surface area contributed by atoms with Crippen LogP contribution < -0.4 is 9.47 Å². The van der Waals surface area contributed by atoms with Crippen LogP contribution in [0.5, 0.6) is 17.2 Å².